The summed E-state index contributed by atoms with van der Waals surface area (Å²) in [6, 6.07) is 21.6. The summed E-state index contributed by atoms with van der Waals surface area (Å²) in [4.78, 5) is 2.48. The van der Waals surface area contributed by atoms with Gasteiger partial charge >= 0.3 is 0 Å². The van der Waals surface area contributed by atoms with Crippen LogP contribution in [0.1, 0.15) is 11.1 Å². The van der Waals surface area contributed by atoms with Crippen LogP contribution in [-0.4, -0.2) is 24.0 Å². The average Bonchev–Trinajstić information content (AvgIpc) is 2.81. The fourth-order valence-corrected chi connectivity index (χ4v) is 3.09. The van der Waals surface area contributed by atoms with Gasteiger partial charge in [0.1, 0.15) is 0 Å². The smallest absolute Gasteiger partial charge is 0.0234 e. The summed E-state index contributed by atoms with van der Waals surface area (Å²) < 4.78 is 0. The van der Waals surface area contributed by atoms with Gasteiger partial charge in [-0.05, 0) is 23.5 Å². The number of hydrogen-bond donors (Lipinski definition) is 1. The van der Waals surface area contributed by atoms with Crippen molar-refractivity contribution in [2.75, 3.05) is 13.1 Å². The van der Waals surface area contributed by atoms with E-state index in [9.17, 15) is 0 Å². The zero-order valence-electron chi connectivity index (χ0n) is 11.8. The first-order valence-electron chi connectivity index (χ1n) is 7.37. The van der Waals surface area contributed by atoms with Gasteiger partial charge in [-0.3, -0.25) is 4.90 Å². The maximum absolute atomic E-state index is 6.33. The molecule has 2 heteroatoms. The molecule has 0 amide bonds. The Morgan fingerprint density at radius 2 is 1.45 bits per heavy atom. The number of nitrogens with zero attached hydrogens (tertiary/aromatic N) is 1. The van der Waals surface area contributed by atoms with Crippen LogP contribution in [0.5, 0.6) is 0 Å². The maximum Gasteiger partial charge on any atom is 0.0234 e. The zero-order chi connectivity index (χ0) is 13.8. The molecule has 0 bridgehead atoms. The van der Waals surface area contributed by atoms with Gasteiger partial charge < -0.3 is 5.73 Å². The summed E-state index contributed by atoms with van der Waals surface area (Å²) in [6.45, 7) is 3.12. The van der Waals surface area contributed by atoms with Gasteiger partial charge in [0.15, 0.2) is 0 Å². The molecule has 0 aliphatic carbocycles. The zero-order valence-corrected chi connectivity index (χ0v) is 11.8. The van der Waals surface area contributed by atoms with Gasteiger partial charge in [-0.1, -0.05) is 60.7 Å². The van der Waals surface area contributed by atoms with E-state index in [2.05, 4.69) is 65.6 Å². The van der Waals surface area contributed by atoms with E-state index in [-0.39, 0.29) is 0 Å². The number of nitrogens with two attached hydrogens (primary N) is 1. The van der Waals surface area contributed by atoms with Crippen LogP contribution in [0, 0.1) is 5.92 Å². The number of rotatable bonds is 4. The van der Waals surface area contributed by atoms with E-state index in [1.807, 2.05) is 0 Å². The van der Waals surface area contributed by atoms with Crippen molar-refractivity contribution in [1.82, 2.24) is 4.90 Å². The molecule has 1 aliphatic rings. The third kappa shape index (κ3) is 3.27. The summed E-state index contributed by atoms with van der Waals surface area (Å²) in [7, 11) is 0. The Bertz CT molecular complexity index is 524. The van der Waals surface area contributed by atoms with Crippen LogP contribution in [0.4, 0.5) is 0 Å². The largest absolute Gasteiger partial charge is 0.326 e. The summed E-state index contributed by atoms with van der Waals surface area (Å²) in [5, 5.41) is 0. The molecule has 2 aromatic rings. The molecule has 1 aliphatic heterocycles. The van der Waals surface area contributed by atoms with Gasteiger partial charge in [-0.2, -0.15) is 0 Å². The van der Waals surface area contributed by atoms with Crippen molar-refractivity contribution in [3.05, 3.63) is 71.8 Å². The van der Waals surface area contributed by atoms with Crippen molar-refractivity contribution in [2.45, 2.75) is 19.0 Å². The molecule has 2 N–H and O–H groups in total. The lowest BCUT2D eigenvalue weighted by Crippen LogP contribution is -2.30. The molecular formula is C18H22N2. The summed E-state index contributed by atoms with van der Waals surface area (Å²) in [5.74, 6) is 0.570. The van der Waals surface area contributed by atoms with Crippen LogP contribution in [-0.2, 0) is 13.0 Å². The van der Waals surface area contributed by atoms with Crippen LogP contribution in [0.2, 0.25) is 0 Å². The Kier molecular flexibility index (Phi) is 4.14. The molecule has 2 atom stereocenters. The Hall–Kier alpha value is -1.64. The third-order valence-corrected chi connectivity index (χ3v) is 4.16. The fourth-order valence-electron chi connectivity index (χ4n) is 3.09. The van der Waals surface area contributed by atoms with Crippen molar-refractivity contribution < 1.29 is 0 Å². The molecule has 0 spiro atoms. The van der Waals surface area contributed by atoms with Crippen LogP contribution in [0.3, 0.4) is 0 Å². The maximum atomic E-state index is 6.33. The highest BCUT2D eigenvalue weighted by atomic mass is 15.2. The first-order chi connectivity index (χ1) is 9.81. The molecule has 20 heavy (non-hydrogen) atoms. The van der Waals surface area contributed by atoms with E-state index in [1.165, 1.54) is 11.1 Å². The van der Waals surface area contributed by atoms with Crippen LogP contribution in [0.25, 0.3) is 0 Å². The summed E-state index contributed by atoms with van der Waals surface area (Å²) in [5.41, 5.74) is 9.10. The Balaban J connectivity index is 1.59. The standard InChI is InChI=1S/C18H22N2/c19-18-14-20(12-16-9-5-2-6-10-16)13-17(18)11-15-7-3-1-4-8-15/h1-10,17-18H,11-14,19H2. The molecule has 1 heterocycles. The second-order valence-corrected chi connectivity index (χ2v) is 5.79. The molecule has 2 unspecified atom stereocenters. The van der Waals surface area contributed by atoms with Crippen molar-refractivity contribution in [3.63, 3.8) is 0 Å². The van der Waals surface area contributed by atoms with Crippen LogP contribution < -0.4 is 5.73 Å². The summed E-state index contributed by atoms with van der Waals surface area (Å²) >= 11 is 0. The molecule has 0 aromatic heterocycles. The Morgan fingerprint density at radius 3 is 2.10 bits per heavy atom. The lowest BCUT2D eigenvalue weighted by Gasteiger charge is -2.16. The number of likely N-dealkylation sites (tertiary alicyclic amines) is 1. The molecule has 2 nitrogen and oxygen atoms in total. The Morgan fingerprint density at radius 1 is 0.850 bits per heavy atom. The number of hydrogen-bond acceptors (Lipinski definition) is 2. The second-order valence-electron chi connectivity index (χ2n) is 5.79. The topological polar surface area (TPSA) is 29.3 Å². The van der Waals surface area contributed by atoms with E-state index < -0.39 is 0 Å². The van der Waals surface area contributed by atoms with Crippen molar-refractivity contribution in [2.24, 2.45) is 11.7 Å². The quantitative estimate of drug-likeness (QED) is 0.922. The minimum Gasteiger partial charge on any atom is -0.326 e. The highest BCUT2D eigenvalue weighted by Gasteiger charge is 2.29. The van der Waals surface area contributed by atoms with E-state index in [4.69, 9.17) is 5.73 Å². The average molecular weight is 266 g/mol. The van der Waals surface area contributed by atoms with Crippen molar-refractivity contribution in [3.8, 4) is 0 Å². The highest BCUT2D eigenvalue weighted by Crippen LogP contribution is 2.21. The molecule has 1 fully saturated rings. The van der Waals surface area contributed by atoms with Gasteiger partial charge in [-0.25, -0.2) is 0 Å². The van der Waals surface area contributed by atoms with Gasteiger partial charge in [0.25, 0.3) is 0 Å². The van der Waals surface area contributed by atoms with Crippen LogP contribution in [0.15, 0.2) is 60.7 Å². The fraction of sp³-hybridized carbons (Fsp3) is 0.333. The first-order valence-corrected chi connectivity index (χ1v) is 7.37. The monoisotopic (exact) mass is 266 g/mol. The van der Waals surface area contributed by atoms with Gasteiger partial charge in [0.05, 0.1) is 0 Å². The van der Waals surface area contributed by atoms with Gasteiger partial charge in [-0.15, -0.1) is 0 Å². The van der Waals surface area contributed by atoms with Crippen LogP contribution >= 0.6 is 0 Å². The first kappa shape index (κ1) is 13.3. The molecule has 2 aromatic carbocycles. The lowest BCUT2D eigenvalue weighted by molar-refractivity contribution is 0.315. The van der Waals surface area contributed by atoms with Crippen molar-refractivity contribution in [1.29, 1.82) is 0 Å². The van der Waals surface area contributed by atoms with E-state index in [1.54, 1.807) is 0 Å². The molecule has 0 radical (unpaired) electrons. The third-order valence-electron chi connectivity index (χ3n) is 4.16. The van der Waals surface area contributed by atoms with E-state index in [0.717, 1.165) is 26.1 Å². The Labute approximate surface area is 121 Å². The van der Waals surface area contributed by atoms with E-state index in [0.29, 0.717) is 12.0 Å². The predicted octanol–water partition coefficient (Wildman–Crippen LogP) is 2.69. The molecule has 104 valence electrons. The minimum absolute atomic E-state index is 0.291. The predicted molar refractivity (Wildman–Crippen MR) is 83.3 cm³/mol. The van der Waals surface area contributed by atoms with E-state index >= 15 is 0 Å². The van der Waals surface area contributed by atoms with Gasteiger partial charge in [0, 0.05) is 25.7 Å². The highest BCUT2D eigenvalue weighted by molar-refractivity contribution is 5.17. The number of benzene rings is 2. The van der Waals surface area contributed by atoms with Crippen molar-refractivity contribution >= 4 is 0 Å². The molecule has 3 rings (SSSR count). The SMILES string of the molecule is NC1CN(Cc2ccccc2)CC1Cc1ccccc1. The molecular weight excluding hydrogens is 244 g/mol. The molecule has 0 saturated carbocycles. The van der Waals surface area contributed by atoms with Gasteiger partial charge in [0.2, 0.25) is 0 Å². The summed E-state index contributed by atoms with van der Waals surface area (Å²) in [6.07, 6.45) is 1.09. The second kappa shape index (κ2) is 6.21. The lowest BCUT2D eigenvalue weighted by atomic mass is 9.95. The normalized spacial score (nSPS) is 23.1. The minimum atomic E-state index is 0.291. The molecule has 1 saturated heterocycles.